The predicted molar refractivity (Wildman–Crippen MR) is 73.0 cm³/mol. The van der Waals surface area contributed by atoms with Gasteiger partial charge in [-0.25, -0.2) is 0 Å². The summed E-state index contributed by atoms with van der Waals surface area (Å²) in [6.45, 7) is 2.96. The van der Waals surface area contributed by atoms with Crippen LogP contribution in [-0.4, -0.2) is 37.0 Å². The lowest BCUT2D eigenvalue weighted by molar-refractivity contribution is -0.132. The molecular weight excluding hydrogens is 240 g/mol. The van der Waals surface area contributed by atoms with Crippen LogP contribution in [0.15, 0.2) is 24.3 Å². The minimum Gasteiger partial charge on any atom is -0.493 e. The maximum Gasteiger partial charge on any atom is 0.230 e. The Morgan fingerprint density at radius 3 is 3.00 bits per heavy atom. The first-order valence-corrected chi connectivity index (χ1v) is 7.00. The Hall–Kier alpha value is -1.55. The second kappa shape index (κ2) is 5.21. The maximum absolute atomic E-state index is 12.7. The summed E-state index contributed by atoms with van der Waals surface area (Å²) in [5.41, 5.74) is 6.73. The van der Waals surface area contributed by atoms with Gasteiger partial charge >= 0.3 is 0 Å². The summed E-state index contributed by atoms with van der Waals surface area (Å²) < 4.78 is 5.62. The lowest BCUT2D eigenvalue weighted by atomic mass is 9.92. The van der Waals surface area contributed by atoms with Crippen molar-refractivity contribution in [3.63, 3.8) is 0 Å². The molecule has 1 aromatic rings. The SMILES string of the molecule is NC[C@H]1CCN(C(=O)[C@H]2CCOc3ccccc32)C1. The molecule has 1 saturated heterocycles. The number of fused-ring (bicyclic) bond motifs is 1. The Morgan fingerprint density at radius 2 is 2.21 bits per heavy atom. The van der Waals surface area contributed by atoms with Gasteiger partial charge in [-0.1, -0.05) is 18.2 Å². The van der Waals surface area contributed by atoms with E-state index in [0.717, 1.165) is 37.2 Å². The molecule has 0 spiro atoms. The molecule has 2 aliphatic rings. The van der Waals surface area contributed by atoms with E-state index in [2.05, 4.69) is 0 Å². The van der Waals surface area contributed by atoms with Crippen molar-refractivity contribution in [3.8, 4) is 5.75 Å². The van der Waals surface area contributed by atoms with E-state index in [1.165, 1.54) is 0 Å². The lowest BCUT2D eigenvalue weighted by Crippen LogP contribution is -2.36. The third kappa shape index (κ3) is 2.32. The molecule has 4 nitrogen and oxygen atoms in total. The highest BCUT2D eigenvalue weighted by atomic mass is 16.5. The summed E-state index contributed by atoms with van der Waals surface area (Å²) in [6.07, 6.45) is 1.81. The molecule has 2 heterocycles. The first-order valence-electron chi connectivity index (χ1n) is 7.00. The molecule has 1 amide bonds. The Bertz CT molecular complexity index is 475. The molecule has 4 heteroatoms. The molecule has 2 atom stereocenters. The van der Waals surface area contributed by atoms with E-state index < -0.39 is 0 Å². The minimum absolute atomic E-state index is 0.0403. The van der Waals surface area contributed by atoms with Gasteiger partial charge in [0, 0.05) is 18.7 Å². The van der Waals surface area contributed by atoms with Gasteiger partial charge in [-0.05, 0) is 31.4 Å². The molecular formula is C15H20N2O2. The highest BCUT2D eigenvalue weighted by Crippen LogP contribution is 2.35. The van der Waals surface area contributed by atoms with Crippen molar-refractivity contribution >= 4 is 5.91 Å². The Kier molecular flexibility index (Phi) is 3.42. The largest absolute Gasteiger partial charge is 0.493 e. The number of nitrogens with two attached hydrogens (primary N) is 1. The number of amides is 1. The van der Waals surface area contributed by atoms with Crippen LogP contribution in [0.5, 0.6) is 5.75 Å². The van der Waals surface area contributed by atoms with Gasteiger partial charge in [-0.3, -0.25) is 4.79 Å². The van der Waals surface area contributed by atoms with Crippen LogP contribution in [-0.2, 0) is 4.79 Å². The highest BCUT2D eigenvalue weighted by molar-refractivity contribution is 5.85. The second-order valence-corrected chi connectivity index (χ2v) is 5.40. The predicted octanol–water partition coefficient (Wildman–Crippen LogP) is 1.36. The van der Waals surface area contributed by atoms with Crippen LogP contribution in [0.4, 0.5) is 0 Å². The quantitative estimate of drug-likeness (QED) is 0.873. The topological polar surface area (TPSA) is 55.6 Å². The summed E-state index contributed by atoms with van der Waals surface area (Å²) in [4.78, 5) is 14.6. The van der Waals surface area contributed by atoms with E-state index in [1.807, 2.05) is 29.2 Å². The Balaban J connectivity index is 1.78. The Labute approximate surface area is 113 Å². The monoisotopic (exact) mass is 260 g/mol. The van der Waals surface area contributed by atoms with Crippen molar-refractivity contribution in [2.75, 3.05) is 26.2 Å². The van der Waals surface area contributed by atoms with E-state index in [0.29, 0.717) is 19.1 Å². The third-order valence-electron chi connectivity index (χ3n) is 4.19. The zero-order valence-electron chi connectivity index (χ0n) is 11.0. The molecule has 1 aromatic carbocycles. The summed E-state index contributed by atoms with van der Waals surface area (Å²) >= 11 is 0. The fraction of sp³-hybridized carbons (Fsp3) is 0.533. The van der Waals surface area contributed by atoms with Gasteiger partial charge in [-0.2, -0.15) is 0 Å². The molecule has 3 rings (SSSR count). The molecule has 2 N–H and O–H groups in total. The third-order valence-corrected chi connectivity index (χ3v) is 4.19. The standard InChI is InChI=1S/C15H20N2O2/c16-9-11-5-7-17(10-11)15(18)13-6-8-19-14-4-2-1-3-12(13)14/h1-4,11,13H,5-10,16H2/t11-,13+/m1/s1. The van der Waals surface area contributed by atoms with Gasteiger partial charge in [0.15, 0.2) is 0 Å². The van der Waals surface area contributed by atoms with Crippen molar-refractivity contribution in [1.29, 1.82) is 0 Å². The molecule has 2 aliphatic heterocycles. The maximum atomic E-state index is 12.7. The second-order valence-electron chi connectivity index (χ2n) is 5.40. The number of ether oxygens (including phenoxy) is 1. The molecule has 0 aliphatic carbocycles. The summed E-state index contributed by atoms with van der Waals surface area (Å²) in [5, 5.41) is 0. The first kappa shape index (κ1) is 12.5. The summed E-state index contributed by atoms with van der Waals surface area (Å²) in [5.74, 6) is 1.54. The fourth-order valence-corrected chi connectivity index (χ4v) is 3.04. The van der Waals surface area contributed by atoms with Crippen LogP contribution < -0.4 is 10.5 Å². The smallest absolute Gasteiger partial charge is 0.230 e. The van der Waals surface area contributed by atoms with Crippen LogP contribution in [0.1, 0.15) is 24.3 Å². The molecule has 19 heavy (non-hydrogen) atoms. The first-order chi connectivity index (χ1) is 9.29. The van der Waals surface area contributed by atoms with Gasteiger partial charge in [0.2, 0.25) is 5.91 Å². The van der Waals surface area contributed by atoms with Gasteiger partial charge in [-0.15, -0.1) is 0 Å². The van der Waals surface area contributed by atoms with E-state index >= 15 is 0 Å². The van der Waals surface area contributed by atoms with Gasteiger partial charge in [0.1, 0.15) is 5.75 Å². The molecule has 1 fully saturated rings. The average Bonchev–Trinajstić information content (AvgIpc) is 2.95. The van der Waals surface area contributed by atoms with E-state index in [4.69, 9.17) is 10.5 Å². The van der Waals surface area contributed by atoms with E-state index in [9.17, 15) is 4.79 Å². The molecule has 0 unspecified atom stereocenters. The summed E-state index contributed by atoms with van der Waals surface area (Å²) in [6, 6.07) is 7.88. The highest BCUT2D eigenvalue weighted by Gasteiger charge is 2.34. The average molecular weight is 260 g/mol. The number of hydrogen-bond donors (Lipinski definition) is 1. The molecule has 102 valence electrons. The van der Waals surface area contributed by atoms with Crippen molar-refractivity contribution in [2.24, 2.45) is 11.7 Å². The number of para-hydroxylation sites is 1. The molecule has 0 radical (unpaired) electrons. The zero-order valence-corrected chi connectivity index (χ0v) is 11.0. The van der Waals surface area contributed by atoms with E-state index in [1.54, 1.807) is 0 Å². The normalized spacial score (nSPS) is 25.8. The van der Waals surface area contributed by atoms with Crippen LogP contribution in [0.2, 0.25) is 0 Å². The number of carbonyl (C=O) groups excluding carboxylic acids is 1. The summed E-state index contributed by atoms with van der Waals surface area (Å²) in [7, 11) is 0. The van der Waals surface area contributed by atoms with Crippen LogP contribution in [0, 0.1) is 5.92 Å². The lowest BCUT2D eigenvalue weighted by Gasteiger charge is -2.28. The van der Waals surface area contributed by atoms with Gasteiger partial charge in [0.05, 0.1) is 12.5 Å². The number of likely N-dealkylation sites (tertiary alicyclic amines) is 1. The van der Waals surface area contributed by atoms with Crippen LogP contribution >= 0.6 is 0 Å². The van der Waals surface area contributed by atoms with Crippen molar-refractivity contribution in [3.05, 3.63) is 29.8 Å². The zero-order chi connectivity index (χ0) is 13.2. The van der Waals surface area contributed by atoms with E-state index in [-0.39, 0.29) is 11.8 Å². The molecule has 0 saturated carbocycles. The van der Waals surface area contributed by atoms with Gasteiger partial charge in [0.25, 0.3) is 0 Å². The van der Waals surface area contributed by atoms with Crippen molar-refractivity contribution < 1.29 is 9.53 Å². The van der Waals surface area contributed by atoms with Crippen LogP contribution in [0.3, 0.4) is 0 Å². The number of carbonyl (C=O) groups is 1. The molecule has 0 aromatic heterocycles. The van der Waals surface area contributed by atoms with Crippen molar-refractivity contribution in [1.82, 2.24) is 4.90 Å². The number of benzene rings is 1. The van der Waals surface area contributed by atoms with Gasteiger partial charge < -0.3 is 15.4 Å². The van der Waals surface area contributed by atoms with Crippen molar-refractivity contribution in [2.45, 2.75) is 18.8 Å². The fourth-order valence-electron chi connectivity index (χ4n) is 3.04. The number of nitrogens with zero attached hydrogens (tertiary/aromatic N) is 1. The van der Waals surface area contributed by atoms with Crippen LogP contribution in [0.25, 0.3) is 0 Å². The Morgan fingerprint density at radius 1 is 1.37 bits per heavy atom. The number of rotatable bonds is 2. The number of hydrogen-bond acceptors (Lipinski definition) is 3. The minimum atomic E-state index is -0.0403. The molecule has 0 bridgehead atoms.